The number of rotatable bonds is 2. The van der Waals surface area contributed by atoms with Gasteiger partial charge < -0.3 is 4.57 Å². The van der Waals surface area contributed by atoms with Crippen LogP contribution in [0.2, 0.25) is 0 Å². The Morgan fingerprint density at radius 3 is 2.84 bits per heavy atom. The fourth-order valence-electron chi connectivity index (χ4n) is 2.78. The van der Waals surface area contributed by atoms with Crippen LogP contribution in [0.3, 0.4) is 0 Å². The molecule has 0 amide bonds. The Kier molecular flexibility index (Phi) is 3.73. The minimum atomic E-state index is -3.43. The predicted octanol–water partition coefficient (Wildman–Crippen LogP) is 2.61. The Bertz CT molecular complexity index is 1190. The van der Waals surface area contributed by atoms with Crippen LogP contribution in [0, 0.1) is 5.82 Å². The van der Waals surface area contributed by atoms with Crippen molar-refractivity contribution < 1.29 is 12.8 Å². The Morgan fingerprint density at radius 2 is 2.04 bits per heavy atom. The van der Waals surface area contributed by atoms with Gasteiger partial charge in [0.15, 0.2) is 9.84 Å². The Balaban J connectivity index is 1.78. The van der Waals surface area contributed by atoms with Crippen molar-refractivity contribution in [1.82, 2.24) is 9.99 Å². The van der Waals surface area contributed by atoms with Crippen LogP contribution in [0.25, 0.3) is 15.9 Å². The van der Waals surface area contributed by atoms with E-state index in [1.807, 2.05) is 35.9 Å². The molecule has 1 aliphatic heterocycles. The van der Waals surface area contributed by atoms with Crippen LogP contribution in [0.1, 0.15) is 5.56 Å². The molecule has 0 saturated carbocycles. The maximum absolute atomic E-state index is 13.6. The van der Waals surface area contributed by atoms with Gasteiger partial charge in [-0.25, -0.2) is 12.8 Å². The molecule has 0 saturated heterocycles. The number of nitrogens with one attached hydrogen (secondary N) is 1. The summed E-state index contributed by atoms with van der Waals surface area (Å²) in [5, 5.41) is 4.39. The summed E-state index contributed by atoms with van der Waals surface area (Å²) in [4.78, 5) is 0.850. The first-order chi connectivity index (χ1) is 12.0. The molecule has 0 aliphatic carbocycles. The Morgan fingerprint density at radius 1 is 1.24 bits per heavy atom. The van der Waals surface area contributed by atoms with E-state index in [4.69, 9.17) is 0 Å². The molecule has 0 radical (unpaired) electrons. The Labute approximate surface area is 147 Å². The Hall–Kier alpha value is -2.45. The lowest BCUT2D eigenvalue weighted by Gasteiger charge is -2.17. The summed E-state index contributed by atoms with van der Waals surface area (Å²) in [5.74, 6) is -0.627. The maximum Gasteiger partial charge on any atom is 0.208 e. The third kappa shape index (κ3) is 2.77. The van der Waals surface area contributed by atoms with Crippen molar-refractivity contribution in [1.29, 1.82) is 0 Å². The van der Waals surface area contributed by atoms with Crippen molar-refractivity contribution in [3.05, 3.63) is 64.7 Å². The van der Waals surface area contributed by atoms with Crippen molar-refractivity contribution in [2.75, 3.05) is 5.75 Å². The molecule has 0 spiro atoms. The van der Waals surface area contributed by atoms with E-state index in [1.54, 1.807) is 0 Å². The number of hydrogen-bond donors (Lipinski definition) is 1. The van der Waals surface area contributed by atoms with Gasteiger partial charge in [-0.3, -0.25) is 5.43 Å². The minimum absolute atomic E-state index is 0.120. The fourth-order valence-corrected chi connectivity index (χ4v) is 5.10. The van der Waals surface area contributed by atoms with Gasteiger partial charge in [0.25, 0.3) is 0 Å². The number of aromatic nitrogens is 1. The summed E-state index contributed by atoms with van der Waals surface area (Å²) in [6.45, 7) is 0. The lowest BCUT2D eigenvalue weighted by atomic mass is 10.1. The standard InChI is InChI=1S/C17H14FN3O2S2/c1-21-14-4-2-3-5-15(14)24-17(21)20-19-13-8-9-25(22,23)16-7-6-11(18)10-12(13)16/h2-8,10,19H,9H2,1H3. The van der Waals surface area contributed by atoms with Gasteiger partial charge in [-0.1, -0.05) is 23.5 Å². The largest absolute Gasteiger partial charge is 0.318 e. The van der Waals surface area contributed by atoms with Gasteiger partial charge in [-0.05, 0) is 36.4 Å². The monoisotopic (exact) mass is 375 g/mol. The zero-order chi connectivity index (χ0) is 17.6. The second kappa shape index (κ2) is 5.82. The summed E-state index contributed by atoms with van der Waals surface area (Å²) in [5.41, 5.74) is 4.75. The molecule has 5 nitrogen and oxygen atoms in total. The molecule has 25 heavy (non-hydrogen) atoms. The second-order valence-electron chi connectivity index (χ2n) is 5.67. The molecule has 8 heteroatoms. The van der Waals surface area contributed by atoms with E-state index < -0.39 is 15.7 Å². The fraction of sp³-hybridized carbons (Fsp3) is 0.118. The van der Waals surface area contributed by atoms with E-state index in [0.29, 0.717) is 11.3 Å². The summed E-state index contributed by atoms with van der Waals surface area (Å²) in [7, 11) is -1.52. The highest BCUT2D eigenvalue weighted by molar-refractivity contribution is 7.91. The van der Waals surface area contributed by atoms with Crippen LogP contribution in [-0.4, -0.2) is 18.7 Å². The van der Waals surface area contributed by atoms with Gasteiger partial charge in [-0.15, -0.1) is 5.10 Å². The van der Waals surface area contributed by atoms with Crippen LogP contribution in [0.4, 0.5) is 4.39 Å². The molecule has 0 bridgehead atoms. The van der Waals surface area contributed by atoms with Crippen LogP contribution >= 0.6 is 11.3 Å². The van der Waals surface area contributed by atoms with Crippen molar-refractivity contribution >= 4 is 37.1 Å². The minimum Gasteiger partial charge on any atom is -0.318 e. The van der Waals surface area contributed by atoms with E-state index in [2.05, 4.69) is 10.5 Å². The molecule has 2 heterocycles. The molecule has 0 unspecified atom stereocenters. The first-order valence-corrected chi connectivity index (χ1v) is 10.00. The summed E-state index contributed by atoms with van der Waals surface area (Å²) in [6, 6.07) is 11.6. The van der Waals surface area contributed by atoms with E-state index in [1.165, 1.54) is 29.5 Å². The molecule has 2 aromatic carbocycles. The molecular weight excluding hydrogens is 361 g/mol. The van der Waals surface area contributed by atoms with Gasteiger partial charge in [0.2, 0.25) is 4.80 Å². The van der Waals surface area contributed by atoms with Crippen molar-refractivity contribution in [2.45, 2.75) is 4.90 Å². The number of hydrogen-bond acceptors (Lipinski definition) is 5. The average molecular weight is 375 g/mol. The summed E-state index contributed by atoms with van der Waals surface area (Å²) in [6.07, 6.45) is 1.52. The number of halogens is 1. The van der Waals surface area contributed by atoms with E-state index in [9.17, 15) is 12.8 Å². The van der Waals surface area contributed by atoms with Crippen LogP contribution in [0.15, 0.2) is 58.5 Å². The number of para-hydroxylation sites is 1. The smallest absolute Gasteiger partial charge is 0.208 e. The van der Waals surface area contributed by atoms with Gasteiger partial charge >= 0.3 is 0 Å². The van der Waals surface area contributed by atoms with E-state index >= 15 is 0 Å². The van der Waals surface area contributed by atoms with Gasteiger partial charge in [0.05, 0.1) is 26.6 Å². The third-order valence-corrected chi connectivity index (χ3v) is 6.80. The molecule has 1 aliphatic rings. The number of fused-ring (bicyclic) bond motifs is 2. The zero-order valence-corrected chi connectivity index (χ0v) is 14.9. The summed E-state index contributed by atoms with van der Waals surface area (Å²) < 4.78 is 40.9. The average Bonchev–Trinajstić information content (AvgIpc) is 2.90. The quantitative estimate of drug-likeness (QED) is 0.553. The summed E-state index contributed by atoms with van der Waals surface area (Å²) >= 11 is 1.51. The highest BCUT2D eigenvalue weighted by Gasteiger charge is 2.25. The highest BCUT2D eigenvalue weighted by atomic mass is 32.2. The highest BCUT2D eigenvalue weighted by Crippen LogP contribution is 2.28. The van der Waals surface area contributed by atoms with Crippen molar-refractivity contribution in [3.8, 4) is 0 Å². The number of sulfone groups is 1. The van der Waals surface area contributed by atoms with Crippen LogP contribution in [0.5, 0.6) is 0 Å². The van der Waals surface area contributed by atoms with Crippen molar-refractivity contribution in [2.24, 2.45) is 12.1 Å². The topological polar surface area (TPSA) is 63.5 Å². The first-order valence-electron chi connectivity index (χ1n) is 7.53. The lowest BCUT2D eigenvalue weighted by molar-refractivity contribution is 0.595. The van der Waals surface area contributed by atoms with Crippen LogP contribution < -0.4 is 10.2 Å². The van der Waals surface area contributed by atoms with Gasteiger partial charge in [0, 0.05) is 12.6 Å². The molecular formula is C17H14FN3O2S2. The SMILES string of the molecule is Cn1c(=NNC2=CCS(=O)(=O)c3ccc(F)cc32)sc2ccccc21. The first kappa shape index (κ1) is 16.0. The predicted molar refractivity (Wildman–Crippen MR) is 95.9 cm³/mol. The van der Waals surface area contributed by atoms with Crippen molar-refractivity contribution in [3.63, 3.8) is 0 Å². The van der Waals surface area contributed by atoms with Gasteiger partial charge in [0.1, 0.15) is 5.82 Å². The van der Waals surface area contributed by atoms with Gasteiger partial charge in [-0.2, -0.15) is 0 Å². The second-order valence-corrected chi connectivity index (χ2v) is 8.69. The zero-order valence-electron chi connectivity index (χ0n) is 13.2. The molecule has 0 atom stereocenters. The molecule has 1 aromatic heterocycles. The number of nitrogens with zero attached hydrogens (tertiary/aromatic N) is 2. The molecule has 128 valence electrons. The molecule has 4 rings (SSSR count). The molecule has 0 fully saturated rings. The maximum atomic E-state index is 13.6. The third-order valence-electron chi connectivity index (χ3n) is 4.06. The number of thiazole rings is 1. The van der Waals surface area contributed by atoms with Crippen LogP contribution in [-0.2, 0) is 16.9 Å². The van der Waals surface area contributed by atoms with E-state index in [-0.39, 0.29) is 10.6 Å². The van der Waals surface area contributed by atoms with E-state index in [0.717, 1.165) is 21.1 Å². The molecule has 3 aromatic rings. The molecule has 1 N–H and O–H groups in total. The number of aryl methyl sites for hydroxylation is 1. The number of benzene rings is 2. The lowest BCUT2D eigenvalue weighted by Crippen LogP contribution is -2.21. The normalized spacial score (nSPS) is 16.6.